The number of alkyl halides is 1. The standard InChI is InChI=1S/C20H35FO2/c1-3-5-7-15-8-11-17(12-9-15)20(22)23-19-13-10-16(6-4-2)14-18(19)21/h15-19H,3-14H2,1-2H3. The number of hydrogen-bond acceptors (Lipinski definition) is 2. The molecule has 2 rings (SSSR count). The monoisotopic (exact) mass is 326 g/mol. The molecule has 0 N–H and O–H groups in total. The molecule has 0 spiro atoms. The Bertz CT molecular complexity index is 350. The molecule has 134 valence electrons. The van der Waals surface area contributed by atoms with Gasteiger partial charge in [-0.1, -0.05) is 46.0 Å². The lowest BCUT2D eigenvalue weighted by atomic mass is 9.79. The zero-order valence-corrected chi connectivity index (χ0v) is 15.1. The van der Waals surface area contributed by atoms with Crippen LogP contribution >= 0.6 is 0 Å². The van der Waals surface area contributed by atoms with E-state index in [9.17, 15) is 9.18 Å². The number of rotatable bonds is 7. The summed E-state index contributed by atoms with van der Waals surface area (Å²) in [6, 6.07) is 0. The van der Waals surface area contributed by atoms with Crippen molar-refractivity contribution in [2.24, 2.45) is 17.8 Å². The van der Waals surface area contributed by atoms with E-state index in [1.54, 1.807) is 0 Å². The highest BCUT2D eigenvalue weighted by Crippen LogP contribution is 2.35. The van der Waals surface area contributed by atoms with Crippen molar-refractivity contribution >= 4 is 5.97 Å². The van der Waals surface area contributed by atoms with Crippen LogP contribution in [0, 0.1) is 17.8 Å². The maximum absolute atomic E-state index is 14.3. The summed E-state index contributed by atoms with van der Waals surface area (Å²) in [5, 5.41) is 0. The average molecular weight is 326 g/mol. The Labute approximate surface area is 141 Å². The number of unbranched alkanes of at least 4 members (excludes halogenated alkanes) is 1. The van der Waals surface area contributed by atoms with Gasteiger partial charge >= 0.3 is 5.97 Å². The minimum atomic E-state index is -0.954. The average Bonchev–Trinajstić information content (AvgIpc) is 2.56. The molecule has 0 bridgehead atoms. The third-order valence-electron chi connectivity index (χ3n) is 5.93. The zero-order valence-electron chi connectivity index (χ0n) is 15.1. The second-order valence-electron chi connectivity index (χ2n) is 7.82. The second kappa shape index (κ2) is 9.64. The Morgan fingerprint density at radius 3 is 2.26 bits per heavy atom. The van der Waals surface area contributed by atoms with Crippen LogP contribution in [0.15, 0.2) is 0 Å². The van der Waals surface area contributed by atoms with Crippen LogP contribution in [-0.2, 0) is 9.53 Å². The molecular weight excluding hydrogens is 291 g/mol. The highest BCUT2D eigenvalue weighted by Gasteiger charge is 2.35. The zero-order chi connectivity index (χ0) is 16.7. The molecule has 0 radical (unpaired) electrons. The summed E-state index contributed by atoms with van der Waals surface area (Å²) in [6.45, 7) is 4.38. The maximum atomic E-state index is 14.3. The van der Waals surface area contributed by atoms with Crippen LogP contribution < -0.4 is 0 Å². The topological polar surface area (TPSA) is 26.3 Å². The predicted octanol–water partition coefficient (Wildman–Crippen LogP) is 5.83. The van der Waals surface area contributed by atoms with Crippen LogP contribution in [0.4, 0.5) is 4.39 Å². The van der Waals surface area contributed by atoms with Crippen LogP contribution in [0.3, 0.4) is 0 Å². The Balaban J connectivity index is 1.71. The van der Waals surface area contributed by atoms with Crippen LogP contribution in [0.25, 0.3) is 0 Å². The Kier molecular flexibility index (Phi) is 7.85. The molecule has 0 aromatic rings. The van der Waals surface area contributed by atoms with Gasteiger partial charge in [0.25, 0.3) is 0 Å². The molecular formula is C20H35FO2. The Hall–Kier alpha value is -0.600. The minimum absolute atomic E-state index is 0.0217. The van der Waals surface area contributed by atoms with E-state index in [2.05, 4.69) is 13.8 Å². The summed E-state index contributed by atoms with van der Waals surface area (Å²) in [6.07, 6.45) is 11.1. The Morgan fingerprint density at radius 1 is 0.957 bits per heavy atom. The third-order valence-corrected chi connectivity index (χ3v) is 5.93. The van der Waals surface area contributed by atoms with Gasteiger partial charge in [0.15, 0.2) is 0 Å². The van der Waals surface area contributed by atoms with E-state index >= 15 is 0 Å². The van der Waals surface area contributed by atoms with Crippen molar-refractivity contribution in [1.29, 1.82) is 0 Å². The number of carbonyl (C=O) groups excluding carboxylic acids is 1. The summed E-state index contributed by atoms with van der Waals surface area (Å²) in [7, 11) is 0. The number of halogens is 1. The predicted molar refractivity (Wildman–Crippen MR) is 92.0 cm³/mol. The van der Waals surface area contributed by atoms with Crippen molar-refractivity contribution in [3.63, 3.8) is 0 Å². The molecule has 0 aliphatic heterocycles. The van der Waals surface area contributed by atoms with Crippen molar-refractivity contribution in [1.82, 2.24) is 0 Å². The molecule has 0 aromatic heterocycles. The lowest BCUT2D eigenvalue weighted by Gasteiger charge is -2.33. The van der Waals surface area contributed by atoms with Crippen LogP contribution in [0.1, 0.15) is 90.9 Å². The van der Waals surface area contributed by atoms with Crippen molar-refractivity contribution < 1.29 is 13.9 Å². The number of carbonyl (C=O) groups is 1. The molecule has 0 saturated heterocycles. The highest BCUT2D eigenvalue weighted by atomic mass is 19.1. The molecule has 23 heavy (non-hydrogen) atoms. The van der Waals surface area contributed by atoms with Gasteiger partial charge in [-0.05, 0) is 56.8 Å². The molecule has 2 fully saturated rings. The Morgan fingerprint density at radius 2 is 1.65 bits per heavy atom. The van der Waals surface area contributed by atoms with Crippen LogP contribution in [0.2, 0.25) is 0 Å². The normalized spacial score (nSPS) is 35.0. The van der Waals surface area contributed by atoms with E-state index in [0.29, 0.717) is 18.8 Å². The van der Waals surface area contributed by atoms with Crippen LogP contribution in [0.5, 0.6) is 0 Å². The molecule has 0 aromatic carbocycles. The summed E-state index contributed by atoms with van der Waals surface area (Å²) < 4.78 is 19.8. The van der Waals surface area contributed by atoms with Crippen molar-refractivity contribution in [2.45, 2.75) is 103 Å². The SMILES string of the molecule is CCCCC1CCC(C(=O)OC2CCC(CCC)CC2F)CC1. The van der Waals surface area contributed by atoms with Crippen LogP contribution in [-0.4, -0.2) is 18.2 Å². The van der Waals surface area contributed by atoms with E-state index in [4.69, 9.17) is 4.74 Å². The summed E-state index contributed by atoms with van der Waals surface area (Å²) in [5.41, 5.74) is 0. The first-order valence-electron chi connectivity index (χ1n) is 9.98. The number of hydrogen-bond donors (Lipinski definition) is 0. The highest BCUT2D eigenvalue weighted by molar-refractivity contribution is 5.72. The van der Waals surface area contributed by atoms with E-state index in [1.165, 1.54) is 19.3 Å². The molecule has 0 amide bonds. The minimum Gasteiger partial charge on any atom is -0.459 e. The van der Waals surface area contributed by atoms with Gasteiger partial charge in [0.05, 0.1) is 5.92 Å². The lowest BCUT2D eigenvalue weighted by molar-refractivity contribution is -0.161. The molecule has 3 heteroatoms. The second-order valence-corrected chi connectivity index (χ2v) is 7.82. The largest absolute Gasteiger partial charge is 0.459 e. The van der Waals surface area contributed by atoms with E-state index in [0.717, 1.165) is 50.9 Å². The van der Waals surface area contributed by atoms with Gasteiger partial charge in [0.1, 0.15) is 12.3 Å². The summed E-state index contributed by atoms with van der Waals surface area (Å²) >= 11 is 0. The van der Waals surface area contributed by atoms with E-state index in [1.807, 2.05) is 0 Å². The smallest absolute Gasteiger partial charge is 0.309 e. The molecule has 2 saturated carbocycles. The maximum Gasteiger partial charge on any atom is 0.309 e. The molecule has 0 heterocycles. The third kappa shape index (κ3) is 5.76. The van der Waals surface area contributed by atoms with E-state index in [-0.39, 0.29) is 11.9 Å². The van der Waals surface area contributed by atoms with Gasteiger partial charge in [-0.15, -0.1) is 0 Å². The quantitative estimate of drug-likeness (QED) is 0.550. The molecule has 2 aliphatic rings. The fourth-order valence-electron chi connectivity index (χ4n) is 4.40. The fourth-order valence-corrected chi connectivity index (χ4v) is 4.40. The summed E-state index contributed by atoms with van der Waals surface area (Å²) in [4.78, 5) is 12.4. The van der Waals surface area contributed by atoms with Gasteiger partial charge in [0.2, 0.25) is 0 Å². The van der Waals surface area contributed by atoms with Gasteiger partial charge < -0.3 is 4.74 Å². The molecule has 2 aliphatic carbocycles. The summed E-state index contributed by atoms with van der Waals surface area (Å²) in [5.74, 6) is 1.17. The van der Waals surface area contributed by atoms with Crippen molar-refractivity contribution in [2.75, 3.05) is 0 Å². The van der Waals surface area contributed by atoms with Crippen molar-refractivity contribution in [3.05, 3.63) is 0 Å². The fraction of sp³-hybridized carbons (Fsp3) is 0.950. The van der Waals surface area contributed by atoms with Gasteiger partial charge in [-0.3, -0.25) is 4.79 Å². The lowest BCUT2D eigenvalue weighted by Crippen LogP contribution is -2.37. The van der Waals surface area contributed by atoms with E-state index < -0.39 is 12.3 Å². The first-order chi connectivity index (χ1) is 11.1. The number of ether oxygens (including phenoxy) is 1. The first kappa shape index (κ1) is 18.7. The molecule has 3 atom stereocenters. The number of esters is 1. The van der Waals surface area contributed by atoms with Gasteiger partial charge in [-0.2, -0.15) is 0 Å². The molecule has 2 nitrogen and oxygen atoms in total. The van der Waals surface area contributed by atoms with Gasteiger partial charge in [-0.25, -0.2) is 4.39 Å². The first-order valence-corrected chi connectivity index (χ1v) is 9.98. The van der Waals surface area contributed by atoms with Crippen molar-refractivity contribution in [3.8, 4) is 0 Å². The molecule has 3 unspecified atom stereocenters. The van der Waals surface area contributed by atoms with Gasteiger partial charge in [0, 0.05) is 0 Å².